The molecule has 1 aromatic heterocycles. The van der Waals surface area contributed by atoms with Gasteiger partial charge in [-0.05, 0) is 72.9 Å². The highest BCUT2D eigenvalue weighted by Crippen LogP contribution is 2.42. The molecular formula is C26H30N+. The molecular weight excluding hydrogens is 326 g/mol. The summed E-state index contributed by atoms with van der Waals surface area (Å²) in [5.41, 5.74) is 14.1. The molecule has 0 saturated heterocycles. The Bertz CT molecular complexity index is 1040. The molecule has 1 heteroatoms. The minimum Gasteiger partial charge on any atom is -0.201 e. The second-order valence-electron chi connectivity index (χ2n) is 8.70. The first-order valence-electron chi connectivity index (χ1n) is 10.1. The zero-order chi connectivity index (χ0) is 19.3. The molecule has 3 aromatic rings. The van der Waals surface area contributed by atoms with Gasteiger partial charge in [-0.3, -0.25) is 0 Å². The summed E-state index contributed by atoms with van der Waals surface area (Å²) in [6.45, 7) is 11.3. The summed E-state index contributed by atoms with van der Waals surface area (Å²) >= 11 is 0. The van der Waals surface area contributed by atoms with Crippen molar-refractivity contribution in [3.05, 3.63) is 76.0 Å². The predicted molar refractivity (Wildman–Crippen MR) is 114 cm³/mol. The number of fused-ring (bicyclic) bond motifs is 3. The van der Waals surface area contributed by atoms with Gasteiger partial charge >= 0.3 is 0 Å². The number of hydrogen-bond donors (Lipinski definition) is 0. The van der Waals surface area contributed by atoms with Crippen LogP contribution in [0.5, 0.6) is 0 Å². The first-order valence-corrected chi connectivity index (χ1v) is 10.1. The maximum absolute atomic E-state index is 2.40. The summed E-state index contributed by atoms with van der Waals surface area (Å²) in [5.74, 6) is 0.676. The second kappa shape index (κ2) is 6.64. The quantitative estimate of drug-likeness (QED) is 0.404. The first-order chi connectivity index (χ1) is 12.8. The molecule has 27 heavy (non-hydrogen) atoms. The van der Waals surface area contributed by atoms with Crippen LogP contribution >= 0.6 is 0 Å². The molecule has 0 unspecified atom stereocenters. The van der Waals surface area contributed by atoms with E-state index >= 15 is 0 Å². The number of pyridine rings is 1. The Morgan fingerprint density at radius 1 is 0.926 bits per heavy atom. The fourth-order valence-electron chi connectivity index (χ4n) is 4.55. The zero-order valence-electron chi connectivity index (χ0n) is 17.5. The van der Waals surface area contributed by atoms with Gasteiger partial charge in [-0.2, -0.15) is 0 Å². The zero-order valence-corrected chi connectivity index (χ0v) is 17.5. The van der Waals surface area contributed by atoms with Gasteiger partial charge in [0, 0.05) is 11.6 Å². The van der Waals surface area contributed by atoms with Gasteiger partial charge < -0.3 is 0 Å². The van der Waals surface area contributed by atoms with Crippen molar-refractivity contribution < 1.29 is 4.57 Å². The van der Waals surface area contributed by atoms with E-state index in [1.54, 1.807) is 0 Å². The molecule has 0 spiro atoms. The lowest BCUT2D eigenvalue weighted by Crippen LogP contribution is -2.32. The second-order valence-corrected chi connectivity index (χ2v) is 8.70. The van der Waals surface area contributed by atoms with Gasteiger partial charge in [-0.1, -0.05) is 49.7 Å². The molecule has 0 bridgehead atoms. The third-order valence-electron chi connectivity index (χ3n) is 5.92. The van der Waals surface area contributed by atoms with Crippen LogP contribution in [0.3, 0.4) is 0 Å². The van der Waals surface area contributed by atoms with E-state index < -0.39 is 0 Å². The molecule has 1 aliphatic carbocycles. The van der Waals surface area contributed by atoms with E-state index in [0.29, 0.717) is 5.92 Å². The third kappa shape index (κ3) is 3.10. The average Bonchev–Trinajstić information content (AvgIpc) is 2.95. The highest BCUT2D eigenvalue weighted by Gasteiger charge is 2.27. The molecule has 0 N–H and O–H groups in total. The van der Waals surface area contributed by atoms with Crippen LogP contribution in [0.25, 0.3) is 22.4 Å². The van der Waals surface area contributed by atoms with Gasteiger partial charge in [0.15, 0.2) is 6.20 Å². The Balaban J connectivity index is 1.89. The number of rotatable bonds is 3. The van der Waals surface area contributed by atoms with Crippen LogP contribution in [-0.4, -0.2) is 0 Å². The van der Waals surface area contributed by atoms with Gasteiger partial charge in [0.1, 0.15) is 7.05 Å². The maximum Gasteiger partial charge on any atom is 0.213 e. The monoisotopic (exact) mass is 356 g/mol. The topological polar surface area (TPSA) is 3.88 Å². The van der Waals surface area contributed by atoms with Crippen molar-refractivity contribution in [2.45, 2.75) is 47.5 Å². The van der Waals surface area contributed by atoms with Crippen molar-refractivity contribution in [2.75, 3.05) is 0 Å². The Morgan fingerprint density at radius 2 is 1.70 bits per heavy atom. The Morgan fingerprint density at radius 3 is 2.44 bits per heavy atom. The van der Waals surface area contributed by atoms with E-state index in [4.69, 9.17) is 0 Å². The fourth-order valence-corrected chi connectivity index (χ4v) is 4.55. The van der Waals surface area contributed by atoms with E-state index in [1.807, 2.05) is 0 Å². The van der Waals surface area contributed by atoms with Crippen LogP contribution in [0.4, 0.5) is 0 Å². The number of aromatic nitrogens is 1. The van der Waals surface area contributed by atoms with Crippen molar-refractivity contribution in [1.82, 2.24) is 0 Å². The van der Waals surface area contributed by atoms with E-state index in [-0.39, 0.29) is 0 Å². The van der Waals surface area contributed by atoms with Crippen LogP contribution < -0.4 is 4.57 Å². The minimum absolute atomic E-state index is 0.676. The fraction of sp³-hybridized carbons (Fsp3) is 0.346. The van der Waals surface area contributed by atoms with Gasteiger partial charge in [0.05, 0.1) is 5.56 Å². The van der Waals surface area contributed by atoms with E-state index in [1.165, 1.54) is 55.8 Å². The molecule has 0 amide bonds. The average molecular weight is 357 g/mol. The number of benzene rings is 2. The highest BCUT2D eigenvalue weighted by molar-refractivity contribution is 5.85. The Labute approximate surface area is 163 Å². The molecule has 0 saturated carbocycles. The molecule has 1 aliphatic rings. The van der Waals surface area contributed by atoms with Gasteiger partial charge in [-0.15, -0.1) is 0 Å². The summed E-state index contributed by atoms with van der Waals surface area (Å²) in [6, 6.07) is 13.9. The largest absolute Gasteiger partial charge is 0.213 e. The minimum atomic E-state index is 0.676. The summed E-state index contributed by atoms with van der Waals surface area (Å²) in [4.78, 5) is 0. The predicted octanol–water partition coefficient (Wildman–Crippen LogP) is 5.87. The van der Waals surface area contributed by atoms with Crippen molar-refractivity contribution in [1.29, 1.82) is 0 Å². The molecule has 0 atom stereocenters. The summed E-state index contributed by atoms with van der Waals surface area (Å²) in [7, 11) is 2.20. The Hall–Kier alpha value is -2.41. The van der Waals surface area contributed by atoms with Crippen LogP contribution in [0.15, 0.2) is 42.6 Å². The molecule has 0 fully saturated rings. The van der Waals surface area contributed by atoms with Crippen LogP contribution in [0.2, 0.25) is 0 Å². The normalized spacial score (nSPS) is 12.4. The van der Waals surface area contributed by atoms with Gasteiger partial charge in [0.2, 0.25) is 5.69 Å². The van der Waals surface area contributed by atoms with Crippen LogP contribution in [0.1, 0.15) is 47.2 Å². The molecule has 1 heterocycles. The lowest BCUT2D eigenvalue weighted by molar-refractivity contribution is -0.660. The van der Waals surface area contributed by atoms with Crippen molar-refractivity contribution in [2.24, 2.45) is 13.0 Å². The van der Waals surface area contributed by atoms with E-state index in [9.17, 15) is 0 Å². The standard InChI is InChI=1S/C26H30N/c1-16(2)11-21-15-27(6)25(13-19(21)5)26-18(4)8-10-22-23-12-17(3)7-9-20(23)14-24(22)26/h7-10,12-13,15-16H,11,14H2,1-6H3/q+1. The number of nitrogens with zero attached hydrogens (tertiary/aromatic N) is 1. The third-order valence-corrected chi connectivity index (χ3v) is 5.92. The Kier molecular flexibility index (Phi) is 4.42. The van der Waals surface area contributed by atoms with E-state index in [2.05, 4.69) is 88.8 Å². The first kappa shape index (κ1) is 18.0. The smallest absolute Gasteiger partial charge is 0.201 e. The van der Waals surface area contributed by atoms with Crippen molar-refractivity contribution >= 4 is 0 Å². The summed E-state index contributed by atoms with van der Waals surface area (Å²) < 4.78 is 2.33. The molecule has 0 radical (unpaired) electrons. The van der Waals surface area contributed by atoms with Gasteiger partial charge in [0.25, 0.3) is 0 Å². The van der Waals surface area contributed by atoms with Crippen molar-refractivity contribution in [3.8, 4) is 22.4 Å². The summed E-state index contributed by atoms with van der Waals surface area (Å²) in [6.07, 6.45) is 4.51. The summed E-state index contributed by atoms with van der Waals surface area (Å²) in [5, 5.41) is 0. The maximum atomic E-state index is 2.40. The number of aryl methyl sites for hydroxylation is 4. The molecule has 0 aliphatic heterocycles. The highest BCUT2D eigenvalue weighted by atomic mass is 14.9. The molecule has 2 aromatic carbocycles. The van der Waals surface area contributed by atoms with Crippen LogP contribution in [-0.2, 0) is 19.9 Å². The lowest BCUT2D eigenvalue weighted by atomic mass is 9.92. The molecule has 138 valence electrons. The molecule has 4 rings (SSSR count). The lowest BCUT2D eigenvalue weighted by Gasteiger charge is -2.14. The number of hydrogen-bond acceptors (Lipinski definition) is 0. The van der Waals surface area contributed by atoms with Crippen molar-refractivity contribution in [3.63, 3.8) is 0 Å². The van der Waals surface area contributed by atoms with Crippen LogP contribution in [0, 0.1) is 26.7 Å². The van der Waals surface area contributed by atoms with Gasteiger partial charge in [-0.25, -0.2) is 4.57 Å². The van der Waals surface area contributed by atoms with E-state index in [0.717, 1.165) is 12.8 Å². The SMILES string of the molecule is Cc1ccc2c(c1)-c1ccc(C)c(-c3cc(C)c(CC(C)C)c[n+]3C)c1C2. The molecule has 1 nitrogen and oxygen atoms in total.